The van der Waals surface area contributed by atoms with Crippen molar-refractivity contribution in [2.75, 3.05) is 0 Å². The zero-order valence-electron chi connectivity index (χ0n) is 14.6. The fraction of sp³-hybridized carbons (Fsp3) is 0. The summed E-state index contributed by atoms with van der Waals surface area (Å²) in [5.41, 5.74) is 4.09. The number of para-hydroxylation sites is 1. The number of carbonyl (C=O) groups is 1. The largest absolute Gasteiger partial charge is 0.508 e. The average Bonchev–Trinajstić information content (AvgIpc) is 3.21. The maximum atomic E-state index is 12.8. The van der Waals surface area contributed by atoms with Crippen molar-refractivity contribution in [1.82, 2.24) is 4.98 Å². The number of fused-ring (bicyclic) bond motifs is 2. The van der Waals surface area contributed by atoms with Gasteiger partial charge in [0.25, 0.3) is 0 Å². The number of phenolic OH excluding ortho intramolecular Hbond substituents is 1. The highest BCUT2D eigenvalue weighted by atomic mass is 35.5. The predicted molar refractivity (Wildman–Crippen MR) is 110 cm³/mol. The first-order valence-corrected chi connectivity index (χ1v) is 9.12. The van der Waals surface area contributed by atoms with Gasteiger partial charge in [0.2, 0.25) is 5.78 Å². The first kappa shape index (κ1) is 16.7. The monoisotopic (exact) mass is 387 g/mol. The summed E-state index contributed by atoms with van der Waals surface area (Å²) in [6.07, 6.45) is 1.75. The van der Waals surface area contributed by atoms with Crippen molar-refractivity contribution in [2.45, 2.75) is 0 Å². The molecule has 2 heterocycles. The molecule has 1 aliphatic heterocycles. The summed E-state index contributed by atoms with van der Waals surface area (Å²) in [7, 11) is 0. The van der Waals surface area contributed by atoms with Crippen molar-refractivity contribution < 1.29 is 14.6 Å². The smallest absolute Gasteiger partial charge is 0.231 e. The van der Waals surface area contributed by atoms with E-state index in [0.717, 1.165) is 27.7 Å². The lowest BCUT2D eigenvalue weighted by atomic mass is 10.0. The van der Waals surface area contributed by atoms with Crippen LogP contribution in [-0.2, 0) is 0 Å². The molecular weight excluding hydrogens is 374 g/mol. The van der Waals surface area contributed by atoms with Gasteiger partial charge in [-0.25, -0.2) is 0 Å². The molecule has 2 N–H and O–H groups in total. The number of ketones is 1. The number of hydrogen-bond donors (Lipinski definition) is 2. The number of halogens is 1. The highest BCUT2D eigenvalue weighted by molar-refractivity contribution is 6.30. The Hall–Kier alpha value is -3.50. The van der Waals surface area contributed by atoms with Crippen molar-refractivity contribution in [3.05, 3.63) is 88.6 Å². The lowest BCUT2D eigenvalue weighted by Gasteiger charge is -2.03. The van der Waals surface area contributed by atoms with Crippen molar-refractivity contribution >= 4 is 34.4 Å². The van der Waals surface area contributed by atoms with Crippen LogP contribution in [0.25, 0.3) is 28.2 Å². The van der Waals surface area contributed by atoms with E-state index in [0.29, 0.717) is 16.3 Å². The van der Waals surface area contributed by atoms with Gasteiger partial charge < -0.3 is 14.8 Å². The lowest BCUT2D eigenvalue weighted by molar-refractivity contribution is 0.101. The molecule has 136 valence electrons. The summed E-state index contributed by atoms with van der Waals surface area (Å²) in [5.74, 6) is 0.439. The van der Waals surface area contributed by atoms with Crippen molar-refractivity contribution in [3.8, 4) is 22.8 Å². The average molecular weight is 388 g/mol. The van der Waals surface area contributed by atoms with Gasteiger partial charge in [0, 0.05) is 27.6 Å². The number of Topliss-reactive ketones (excluding diaryl/α,β-unsaturated/α-hetero) is 1. The standard InChI is InChI=1S/C23H14ClNO3/c24-14-7-5-13(6-8-14)22-18(16-3-1-2-4-19(16)25-22)12-21-23(27)17-10-9-15(26)11-20(17)28-21/h1-12,25-26H. The fourth-order valence-electron chi connectivity index (χ4n) is 3.46. The van der Waals surface area contributed by atoms with E-state index in [1.807, 2.05) is 48.5 Å². The first-order chi connectivity index (χ1) is 13.6. The molecule has 0 radical (unpaired) electrons. The van der Waals surface area contributed by atoms with Gasteiger partial charge in [0.15, 0.2) is 5.76 Å². The number of aromatic hydroxyl groups is 1. The topological polar surface area (TPSA) is 62.3 Å². The maximum absolute atomic E-state index is 12.8. The number of H-pyrrole nitrogens is 1. The van der Waals surface area contributed by atoms with Crippen LogP contribution < -0.4 is 4.74 Å². The van der Waals surface area contributed by atoms with Gasteiger partial charge in [0.1, 0.15) is 11.5 Å². The molecule has 0 amide bonds. The number of aromatic amines is 1. The number of rotatable bonds is 2. The summed E-state index contributed by atoms with van der Waals surface area (Å²) < 4.78 is 5.75. The molecule has 0 saturated carbocycles. The number of aromatic nitrogens is 1. The molecule has 3 aromatic carbocycles. The zero-order chi connectivity index (χ0) is 19.3. The Kier molecular flexibility index (Phi) is 3.74. The van der Waals surface area contributed by atoms with E-state index in [1.165, 1.54) is 12.1 Å². The molecular formula is C23H14ClNO3. The van der Waals surface area contributed by atoms with Gasteiger partial charge in [-0.15, -0.1) is 0 Å². The summed E-state index contributed by atoms with van der Waals surface area (Å²) in [4.78, 5) is 16.2. The molecule has 1 aromatic heterocycles. The Labute approximate surface area is 165 Å². The Morgan fingerprint density at radius 1 is 1.00 bits per heavy atom. The third-order valence-electron chi connectivity index (χ3n) is 4.81. The molecule has 0 atom stereocenters. The van der Waals surface area contributed by atoms with E-state index in [1.54, 1.807) is 12.1 Å². The summed E-state index contributed by atoms with van der Waals surface area (Å²) in [5, 5.41) is 11.3. The van der Waals surface area contributed by atoms with Crippen LogP contribution in [0, 0.1) is 0 Å². The van der Waals surface area contributed by atoms with Crippen LogP contribution in [0.1, 0.15) is 15.9 Å². The molecule has 0 unspecified atom stereocenters. The lowest BCUT2D eigenvalue weighted by Crippen LogP contribution is -1.98. The summed E-state index contributed by atoms with van der Waals surface area (Å²) in [6, 6.07) is 19.9. The molecule has 4 nitrogen and oxygen atoms in total. The minimum absolute atomic E-state index is 0.0572. The second kappa shape index (κ2) is 6.29. The maximum Gasteiger partial charge on any atom is 0.231 e. The Morgan fingerprint density at radius 2 is 1.79 bits per heavy atom. The van der Waals surface area contributed by atoms with Crippen LogP contribution in [-0.4, -0.2) is 15.9 Å². The predicted octanol–water partition coefficient (Wildman–Crippen LogP) is 5.81. The Bertz CT molecular complexity index is 1270. The molecule has 1 aliphatic rings. The number of carbonyl (C=O) groups excluding carboxylic acids is 1. The van der Waals surface area contributed by atoms with Crippen molar-refractivity contribution in [2.24, 2.45) is 0 Å². The molecule has 0 saturated heterocycles. The van der Waals surface area contributed by atoms with Crippen LogP contribution in [0.3, 0.4) is 0 Å². The number of nitrogens with one attached hydrogen (secondary N) is 1. The third kappa shape index (κ3) is 2.66. The van der Waals surface area contributed by atoms with Crippen LogP contribution in [0.15, 0.2) is 72.5 Å². The Balaban J connectivity index is 1.69. The number of allylic oxidation sites excluding steroid dienone is 1. The quantitative estimate of drug-likeness (QED) is 0.426. The van der Waals surface area contributed by atoms with E-state index >= 15 is 0 Å². The van der Waals surface area contributed by atoms with Gasteiger partial charge in [-0.05, 0) is 42.0 Å². The van der Waals surface area contributed by atoms with E-state index in [9.17, 15) is 9.90 Å². The van der Waals surface area contributed by atoms with Crippen LogP contribution in [0.5, 0.6) is 11.5 Å². The van der Waals surface area contributed by atoms with Gasteiger partial charge in [-0.2, -0.15) is 0 Å². The fourth-order valence-corrected chi connectivity index (χ4v) is 3.59. The van der Waals surface area contributed by atoms with Crippen LogP contribution in [0.4, 0.5) is 0 Å². The third-order valence-corrected chi connectivity index (χ3v) is 5.06. The van der Waals surface area contributed by atoms with Crippen molar-refractivity contribution in [1.29, 1.82) is 0 Å². The SMILES string of the molecule is O=C1C(=Cc2c(-c3ccc(Cl)cc3)[nH]c3ccccc23)Oc2cc(O)ccc21. The highest BCUT2D eigenvalue weighted by Gasteiger charge is 2.28. The summed E-state index contributed by atoms with van der Waals surface area (Å²) >= 11 is 6.03. The normalized spacial score (nSPS) is 14.5. The number of benzene rings is 3. The molecule has 0 bridgehead atoms. The van der Waals surface area contributed by atoms with Gasteiger partial charge >= 0.3 is 0 Å². The van der Waals surface area contributed by atoms with E-state index in [-0.39, 0.29) is 17.3 Å². The molecule has 4 aromatic rings. The van der Waals surface area contributed by atoms with E-state index in [2.05, 4.69) is 4.98 Å². The minimum Gasteiger partial charge on any atom is -0.508 e. The molecule has 0 spiro atoms. The van der Waals surface area contributed by atoms with Crippen LogP contribution in [0.2, 0.25) is 5.02 Å². The minimum atomic E-state index is -0.206. The van der Waals surface area contributed by atoms with E-state index < -0.39 is 0 Å². The molecule has 5 rings (SSSR count). The number of hydrogen-bond acceptors (Lipinski definition) is 3. The Morgan fingerprint density at radius 3 is 2.61 bits per heavy atom. The number of phenols is 1. The highest BCUT2D eigenvalue weighted by Crippen LogP contribution is 2.37. The zero-order valence-corrected chi connectivity index (χ0v) is 15.3. The second-order valence-electron chi connectivity index (χ2n) is 6.59. The van der Waals surface area contributed by atoms with Gasteiger partial charge in [-0.1, -0.05) is 41.9 Å². The first-order valence-electron chi connectivity index (χ1n) is 8.74. The van der Waals surface area contributed by atoms with Gasteiger partial charge in [-0.3, -0.25) is 4.79 Å². The van der Waals surface area contributed by atoms with Crippen molar-refractivity contribution in [3.63, 3.8) is 0 Å². The second-order valence-corrected chi connectivity index (χ2v) is 7.02. The van der Waals surface area contributed by atoms with E-state index in [4.69, 9.17) is 16.3 Å². The molecule has 5 heteroatoms. The van der Waals surface area contributed by atoms with Crippen LogP contribution >= 0.6 is 11.6 Å². The molecule has 0 fully saturated rings. The molecule has 0 aliphatic carbocycles. The van der Waals surface area contributed by atoms with Gasteiger partial charge in [0.05, 0.1) is 11.3 Å². The molecule has 28 heavy (non-hydrogen) atoms. The number of ether oxygens (including phenoxy) is 1. The summed E-state index contributed by atoms with van der Waals surface area (Å²) in [6.45, 7) is 0.